The van der Waals surface area contributed by atoms with Gasteiger partial charge in [0.25, 0.3) is 0 Å². The van der Waals surface area contributed by atoms with Gasteiger partial charge in [-0.15, -0.1) is 0 Å². The van der Waals surface area contributed by atoms with Crippen LogP contribution in [0.25, 0.3) is 0 Å². The maximum absolute atomic E-state index is 8.95. The van der Waals surface area contributed by atoms with Gasteiger partial charge in [-0.1, -0.05) is 0 Å². The number of fused-ring (bicyclic) bond motifs is 3. The van der Waals surface area contributed by atoms with Gasteiger partial charge in [-0.05, 0) is 58.7 Å². The first-order valence-corrected chi connectivity index (χ1v) is 6.48. The van der Waals surface area contributed by atoms with Gasteiger partial charge in [-0.25, -0.2) is 0 Å². The Balaban J connectivity index is 1.73. The Morgan fingerprint density at radius 2 is 2.06 bits per heavy atom. The van der Waals surface area contributed by atoms with Gasteiger partial charge in [-0.2, -0.15) is 5.26 Å². The van der Waals surface area contributed by atoms with Crippen LogP contribution in [0.15, 0.2) is 0 Å². The molecule has 2 bridgehead atoms. The van der Waals surface area contributed by atoms with Crippen LogP contribution in [0.1, 0.15) is 33.1 Å². The fraction of sp³-hybridized carbons (Fsp3) is 0.923. The fourth-order valence-electron chi connectivity index (χ4n) is 2.82. The van der Waals surface area contributed by atoms with Gasteiger partial charge in [0.05, 0.1) is 11.5 Å². The number of nitrogens with one attached hydrogen (secondary N) is 1. The molecule has 0 aromatic rings. The Morgan fingerprint density at radius 1 is 1.38 bits per heavy atom. The minimum atomic E-state index is -0.180. The largest absolute Gasteiger partial charge is 0.312 e. The molecule has 3 aliphatic heterocycles. The van der Waals surface area contributed by atoms with E-state index < -0.39 is 0 Å². The van der Waals surface area contributed by atoms with Crippen LogP contribution in [-0.2, 0) is 0 Å². The molecular weight excluding hydrogens is 198 g/mol. The van der Waals surface area contributed by atoms with E-state index in [1.807, 2.05) is 13.8 Å². The van der Waals surface area contributed by atoms with Crippen LogP contribution in [0.2, 0.25) is 0 Å². The molecule has 0 aliphatic carbocycles. The molecule has 3 aliphatic rings. The Morgan fingerprint density at radius 3 is 2.56 bits per heavy atom. The molecule has 16 heavy (non-hydrogen) atoms. The summed E-state index contributed by atoms with van der Waals surface area (Å²) < 4.78 is 0. The summed E-state index contributed by atoms with van der Waals surface area (Å²) in [5, 5.41) is 12.6. The first kappa shape index (κ1) is 11.9. The van der Waals surface area contributed by atoms with E-state index in [9.17, 15) is 0 Å². The molecule has 0 aromatic carbocycles. The molecule has 0 saturated carbocycles. The van der Waals surface area contributed by atoms with Crippen molar-refractivity contribution >= 4 is 0 Å². The summed E-state index contributed by atoms with van der Waals surface area (Å²) in [4.78, 5) is 2.56. The van der Waals surface area contributed by atoms with Gasteiger partial charge >= 0.3 is 0 Å². The third-order valence-electron chi connectivity index (χ3n) is 4.12. The molecule has 90 valence electrons. The number of nitriles is 1. The van der Waals surface area contributed by atoms with Crippen molar-refractivity contribution in [3.05, 3.63) is 0 Å². The molecule has 0 aromatic heterocycles. The van der Waals surface area contributed by atoms with Crippen LogP contribution in [0.5, 0.6) is 0 Å². The summed E-state index contributed by atoms with van der Waals surface area (Å²) in [6.45, 7) is 8.84. The lowest BCUT2D eigenvalue weighted by Gasteiger charge is -2.45. The van der Waals surface area contributed by atoms with Crippen LogP contribution in [-0.4, -0.2) is 37.1 Å². The minimum Gasteiger partial charge on any atom is -0.312 e. The van der Waals surface area contributed by atoms with Crippen molar-refractivity contribution in [1.29, 1.82) is 5.26 Å². The molecule has 0 radical (unpaired) electrons. The van der Waals surface area contributed by atoms with E-state index >= 15 is 0 Å². The predicted molar refractivity (Wildman–Crippen MR) is 65.0 cm³/mol. The van der Waals surface area contributed by atoms with Crippen LogP contribution < -0.4 is 5.32 Å². The van der Waals surface area contributed by atoms with Gasteiger partial charge in [-0.3, -0.25) is 0 Å². The Bertz CT molecular complexity index is 271. The third-order valence-corrected chi connectivity index (χ3v) is 4.12. The molecule has 3 heteroatoms. The van der Waals surface area contributed by atoms with Crippen molar-refractivity contribution in [3.8, 4) is 6.07 Å². The lowest BCUT2D eigenvalue weighted by atomic mass is 9.83. The van der Waals surface area contributed by atoms with Crippen LogP contribution >= 0.6 is 0 Å². The zero-order valence-corrected chi connectivity index (χ0v) is 10.5. The molecule has 3 fully saturated rings. The normalized spacial score (nSPS) is 33.7. The van der Waals surface area contributed by atoms with Gasteiger partial charge in [0, 0.05) is 12.6 Å². The van der Waals surface area contributed by atoms with Gasteiger partial charge in [0.1, 0.15) is 0 Å². The third kappa shape index (κ3) is 2.75. The van der Waals surface area contributed by atoms with Crippen LogP contribution in [0, 0.1) is 22.7 Å². The van der Waals surface area contributed by atoms with E-state index in [2.05, 4.69) is 16.3 Å². The van der Waals surface area contributed by atoms with Gasteiger partial charge < -0.3 is 10.2 Å². The Labute approximate surface area is 98.8 Å². The lowest BCUT2D eigenvalue weighted by molar-refractivity contribution is 0.0719. The summed E-state index contributed by atoms with van der Waals surface area (Å²) in [6, 6.07) is 3.04. The Hall–Kier alpha value is -0.590. The highest BCUT2D eigenvalue weighted by Gasteiger charge is 2.33. The summed E-state index contributed by atoms with van der Waals surface area (Å²) in [6.07, 6.45) is 3.67. The van der Waals surface area contributed by atoms with Crippen molar-refractivity contribution in [2.75, 3.05) is 26.2 Å². The molecule has 3 rings (SSSR count). The molecule has 1 atom stereocenters. The SMILES string of the molecule is CC(C)(C#N)CCNC1CN2CCC1CC2. The number of hydrogen-bond acceptors (Lipinski definition) is 3. The second kappa shape index (κ2) is 4.73. The highest BCUT2D eigenvalue weighted by Crippen LogP contribution is 2.27. The molecule has 3 heterocycles. The molecule has 1 N–H and O–H groups in total. The molecular formula is C13H23N3. The van der Waals surface area contributed by atoms with Crippen molar-refractivity contribution in [2.45, 2.75) is 39.2 Å². The van der Waals surface area contributed by atoms with Crippen LogP contribution in [0.4, 0.5) is 0 Å². The minimum absolute atomic E-state index is 0.180. The van der Waals surface area contributed by atoms with Crippen LogP contribution in [0.3, 0.4) is 0 Å². The van der Waals surface area contributed by atoms with Crippen molar-refractivity contribution in [3.63, 3.8) is 0 Å². The maximum atomic E-state index is 8.95. The topological polar surface area (TPSA) is 39.1 Å². The highest BCUT2D eigenvalue weighted by molar-refractivity contribution is 4.94. The van der Waals surface area contributed by atoms with E-state index in [1.54, 1.807) is 0 Å². The average Bonchev–Trinajstić information content (AvgIpc) is 2.30. The van der Waals surface area contributed by atoms with E-state index in [-0.39, 0.29) is 5.41 Å². The summed E-state index contributed by atoms with van der Waals surface area (Å²) in [5.74, 6) is 0.884. The molecule has 1 unspecified atom stereocenters. The first-order chi connectivity index (χ1) is 7.61. The Kier molecular flexibility index (Phi) is 3.51. The molecule has 3 saturated heterocycles. The molecule has 0 amide bonds. The van der Waals surface area contributed by atoms with E-state index in [1.165, 1.54) is 32.5 Å². The molecule has 3 nitrogen and oxygen atoms in total. The molecule has 0 spiro atoms. The zero-order chi connectivity index (χ0) is 11.6. The summed E-state index contributed by atoms with van der Waals surface area (Å²) in [5.41, 5.74) is -0.180. The lowest BCUT2D eigenvalue weighted by Crippen LogP contribution is -2.56. The highest BCUT2D eigenvalue weighted by atomic mass is 15.2. The smallest absolute Gasteiger partial charge is 0.0684 e. The monoisotopic (exact) mass is 221 g/mol. The maximum Gasteiger partial charge on any atom is 0.0684 e. The van der Waals surface area contributed by atoms with E-state index in [0.29, 0.717) is 6.04 Å². The summed E-state index contributed by atoms with van der Waals surface area (Å²) in [7, 11) is 0. The number of piperidine rings is 3. The number of hydrogen-bond donors (Lipinski definition) is 1. The standard InChI is InChI=1S/C13H23N3/c1-13(2,10-14)5-6-15-12-9-16-7-3-11(12)4-8-16/h11-12,15H,3-9H2,1-2H3. The average molecular weight is 221 g/mol. The second-order valence-corrected chi connectivity index (χ2v) is 5.94. The first-order valence-electron chi connectivity index (χ1n) is 6.48. The van der Waals surface area contributed by atoms with Gasteiger partial charge in [0.2, 0.25) is 0 Å². The van der Waals surface area contributed by atoms with E-state index in [4.69, 9.17) is 5.26 Å². The van der Waals surface area contributed by atoms with Crippen molar-refractivity contribution < 1.29 is 0 Å². The predicted octanol–water partition coefficient (Wildman–Crippen LogP) is 1.61. The zero-order valence-electron chi connectivity index (χ0n) is 10.5. The van der Waals surface area contributed by atoms with Gasteiger partial charge in [0.15, 0.2) is 0 Å². The second-order valence-electron chi connectivity index (χ2n) is 5.94. The van der Waals surface area contributed by atoms with Crippen molar-refractivity contribution in [2.24, 2.45) is 11.3 Å². The number of rotatable bonds is 4. The van der Waals surface area contributed by atoms with Crippen molar-refractivity contribution in [1.82, 2.24) is 10.2 Å². The number of nitrogens with zero attached hydrogens (tertiary/aromatic N) is 2. The fourth-order valence-corrected chi connectivity index (χ4v) is 2.82. The quantitative estimate of drug-likeness (QED) is 0.784. The van der Waals surface area contributed by atoms with E-state index in [0.717, 1.165) is 18.9 Å². The summed E-state index contributed by atoms with van der Waals surface area (Å²) >= 11 is 0.